The second-order valence-electron chi connectivity index (χ2n) is 10.6. The lowest BCUT2D eigenvalue weighted by Crippen LogP contribution is -2.27. The van der Waals surface area contributed by atoms with Crippen LogP contribution in [0.4, 0.5) is 5.69 Å². The number of carbonyl (C=O) groups excluding carboxylic acids is 2. The van der Waals surface area contributed by atoms with Crippen LogP contribution < -0.4 is 14.8 Å². The van der Waals surface area contributed by atoms with E-state index in [-0.39, 0.29) is 23.9 Å². The maximum Gasteiger partial charge on any atom is 0.235 e. The fraction of sp³-hybridized carbons (Fsp3) is 0.448. The van der Waals surface area contributed by atoms with Gasteiger partial charge in [-0.1, -0.05) is 53.5 Å². The normalized spacial score (nSPS) is 15.4. The van der Waals surface area contributed by atoms with Gasteiger partial charge in [0, 0.05) is 27.7 Å². The second kappa shape index (κ2) is 9.40. The quantitative estimate of drug-likeness (QED) is 0.394. The summed E-state index contributed by atoms with van der Waals surface area (Å²) in [4.78, 5) is 29.0. The van der Waals surface area contributed by atoms with Gasteiger partial charge in [-0.2, -0.15) is 0 Å². The predicted octanol–water partition coefficient (Wildman–Crippen LogP) is 6.87. The van der Waals surface area contributed by atoms with Crippen LogP contribution in [0.1, 0.15) is 88.8 Å². The third-order valence-electron chi connectivity index (χ3n) is 6.78. The summed E-state index contributed by atoms with van der Waals surface area (Å²) in [6.45, 7) is 12.5. The predicted molar refractivity (Wildman–Crippen MR) is 140 cm³/mol. The standard InChI is InChI=1S/C25H26N2O4.C4H10/c1-14(28)18-12-17(9-15-10-21(24(2,3)4)27-22(15)18)26-23(29)25(7-8-25)16-5-6-19-20(11-16)31-13-30-19;1-3-4-2/h5-6,9-12,27H,7-8,13H2,1-4H3,(H,26,29);3-4H2,1-2H3. The highest BCUT2D eigenvalue weighted by Gasteiger charge is 2.51. The van der Waals surface area contributed by atoms with E-state index in [4.69, 9.17) is 9.47 Å². The largest absolute Gasteiger partial charge is 0.454 e. The van der Waals surface area contributed by atoms with Crippen LogP contribution in [0, 0.1) is 0 Å². The maximum atomic E-state index is 13.3. The molecule has 0 radical (unpaired) electrons. The highest BCUT2D eigenvalue weighted by atomic mass is 16.7. The number of rotatable bonds is 5. The molecule has 5 rings (SSSR count). The third kappa shape index (κ3) is 4.93. The number of Topliss-reactive ketones (excluding diaryl/α,β-unsaturated/α-hetero) is 1. The zero-order valence-electron chi connectivity index (χ0n) is 21.6. The molecule has 0 saturated heterocycles. The molecule has 6 heteroatoms. The number of benzene rings is 2. The summed E-state index contributed by atoms with van der Waals surface area (Å²) in [6, 6.07) is 11.5. The van der Waals surface area contributed by atoms with E-state index in [2.05, 4.69) is 51.0 Å². The van der Waals surface area contributed by atoms with Crippen LogP contribution >= 0.6 is 0 Å². The van der Waals surface area contributed by atoms with Crippen LogP contribution in [-0.4, -0.2) is 23.5 Å². The first-order chi connectivity index (χ1) is 16.6. The Balaban J connectivity index is 0.000000672. The molecule has 2 aliphatic rings. The van der Waals surface area contributed by atoms with E-state index >= 15 is 0 Å². The smallest absolute Gasteiger partial charge is 0.235 e. The number of carbonyl (C=O) groups is 2. The molecule has 0 atom stereocenters. The Morgan fingerprint density at radius 3 is 2.29 bits per heavy atom. The van der Waals surface area contributed by atoms with Gasteiger partial charge < -0.3 is 19.8 Å². The van der Waals surface area contributed by atoms with Gasteiger partial charge in [0.25, 0.3) is 0 Å². The van der Waals surface area contributed by atoms with Crippen molar-refractivity contribution in [1.29, 1.82) is 0 Å². The minimum Gasteiger partial charge on any atom is -0.454 e. The minimum absolute atomic E-state index is 0.0414. The Morgan fingerprint density at radius 1 is 1.00 bits per heavy atom. The van der Waals surface area contributed by atoms with E-state index < -0.39 is 5.41 Å². The number of hydrogen-bond donors (Lipinski definition) is 2. The van der Waals surface area contributed by atoms with Crippen molar-refractivity contribution >= 4 is 28.3 Å². The number of ether oxygens (including phenoxy) is 2. The minimum atomic E-state index is -0.568. The van der Waals surface area contributed by atoms with Crippen molar-refractivity contribution < 1.29 is 19.1 Å². The Bertz CT molecular complexity index is 1260. The summed E-state index contributed by atoms with van der Waals surface area (Å²) in [5, 5.41) is 3.99. The van der Waals surface area contributed by atoms with Crippen LogP contribution in [0.15, 0.2) is 36.4 Å². The molecule has 1 fully saturated rings. The molecule has 3 aromatic rings. The van der Waals surface area contributed by atoms with Gasteiger partial charge in [0.1, 0.15) is 0 Å². The first kappa shape index (κ1) is 24.8. The monoisotopic (exact) mass is 476 g/mol. The zero-order valence-corrected chi connectivity index (χ0v) is 21.6. The van der Waals surface area contributed by atoms with E-state index in [0.29, 0.717) is 22.7 Å². The molecule has 2 N–H and O–H groups in total. The molecular weight excluding hydrogens is 440 g/mol. The highest BCUT2D eigenvalue weighted by molar-refractivity contribution is 6.09. The molecule has 1 saturated carbocycles. The van der Waals surface area contributed by atoms with Gasteiger partial charge in [-0.3, -0.25) is 9.59 Å². The van der Waals surface area contributed by atoms with Crippen molar-refractivity contribution in [2.45, 2.75) is 78.1 Å². The lowest BCUT2D eigenvalue weighted by Gasteiger charge is -2.17. The Labute approximate surface area is 207 Å². The molecule has 0 unspecified atom stereocenters. The number of nitrogens with one attached hydrogen (secondary N) is 2. The number of amides is 1. The summed E-state index contributed by atoms with van der Waals surface area (Å²) in [5.74, 6) is 1.28. The Hall–Kier alpha value is -3.28. The number of fused-ring (bicyclic) bond motifs is 2. The summed E-state index contributed by atoms with van der Waals surface area (Å²) < 4.78 is 10.9. The average molecular weight is 477 g/mol. The molecule has 186 valence electrons. The molecule has 2 aromatic carbocycles. The number of ketones is 1. The van der Waals surface area contributed by atoms with Gasteiger partial charge in [0.05, 0.1) is 10.9 Å². The van der Waals surface area contributed by atoms with Crippen LogP contribution in [0.3, 0.4) is 0 Å². The molecule has 1 aliphatic carbocycles. The molecule has 1 amide bonds. The maximum absolute atomic E-state index is 13.3. The lowest BCUT2D eigenvalue weighted by molar-refractivity contribution is -0.118. The van der Waals surface area contributed by atoms with Crippen molar-refractivity contribution in [2.24, 2.45) is 0 Å². The number of hydrogen-bond acceptors (Lipinski definition) is 4. The zero-order chi connectivity index (χ0) is 25.4. The SMILES string of the molecule is CC(=O)c1cc(NC(=O)C2(c3ccc4c(c3)OCO4)CC2)cc2cc(C(C)(C)C)[nH]c12.CCCC. The van der Waals surface area contributed by atoms with Gasteiger partial charge >= 0.3 is 0 Å². The van der Waals surface area contributed by atoms with Gasteiger partial charge in [-0.15, -0.1) is 0 Å². The van der Waals surface area contributed by atoms with Gasteiger partial charge in [-0.25, -0.2) is 0 Å². The molecule has 1 aliphatic heterocycles. The van der Waals surface area contributed by atoms with Gasteiger partial charge in [-0.05, 0) is 55.7 Å². The summed E-state index contributed by atoms with van der Waals surface area (Å²) in [7, 11) is 0. The van der Waals surface area contributed by atoms with Crippen LogP contribution in [0.2, 0.25) is 0 Å². The number of aromatic amines is 1. The number of unbranched alkanes of at least 4 members (excludes halogenated alkanes) is 1. The molecule has 0 spiro atoms. The van der Waals surface area contributed by atoms with E-state index in [1.165, 1.54) is 12.8 Å². The summed E-state index contributed by atoms with van der Waals surface area (Å²) in [6.07, 6.45) is 4.19. The fourth-order valence-electron chi connectivity index (χ4n) is 4.21. The van der Waals surface area contributed by atoms with Crippen LogP contribution in [0.25, 0.3) is 10.9 Å². The number of aromatic nitrogens is 1. The van der Waals surface area contributed by atoms with Crippen molar-refractivity contribution in [1.82, 2.24) is 4.98 Å². The van der Waals surface area contributed by atoms with E-state index in [0.717, 1.165) is 35.0 Å². The number of H-pyrrole nitrogens is 1. The van der Waals surface area contributed by atoms with Crippen molar-refractivity contribution in [3.63, 3.8) is 0 Å². The number of anilines is 1. The fourth-order valence-corrected chi connectivity index (χ4v) is 4.21. The average Bonchev–Trinajstić information content (AvgIpc) is 3.29. The second-order valence-corrected chi connectivity index (χ2v) is 10.6. The Kier molecular flexibility index (Phi) is 6.67. The molecule has 2 heterocycles. The summed E-state index contributed by atoms with van der Waals surface area (Å²) >= 11 is 0. The van der Waals surface area contributed by atoms with Gasteiger partial charge in [0.2, 0.25) is 12.7 Å². The van der Waals surface area contributed by atoms with E-state index in [1.54, 1.807) is 13.0 Å². The topological polar surface area (TPSA) is 80.4 Å². The van der Waals surface area contributed by atoms with E-state index in [1.807, 2.05) is 24.3 Å². The van der Waals surface area contributed by atoms with Crippen molar-refractivity contribution in [2.75, 3.05) is 12.1 Å². The molecule has 1 aromatic heterocycles. The molecule has 35 heavy (non-hydrogen) atoms. The molecule has 6 nitrogen and oxygen atoms in total. The molecular formula is C29H36N2O4. The third-order valence-corrected chi connectivity index (χ3v) is 6.78. The van der Waals surface area contributed by atoms with Crippen LogP contribution in [0.5, 0.6) is 11.5 Å². The lowest BCUT2D eigenvalue weighted by atomic mass is 9.92. The van der Waals surface area contributed by atoms with Crippen molar-refractivity contribution in [3.8, 4) is 11.5 Å². The highest BCUT2D eigenvalue weighted by Crippen LogP contribution is 2.51. The molecule has 0 bridgehead atoms. The first-order valence-corrected chi connectivity index (χ1v) is 12.5. The van der Waals surface area contributed by atoms with E-state index in [9.17, 15) is 9.59 Å². The van der Waals surface area contributed by atoms with Crippen LogP contribution in [-0.2, 0) is 15.6 Å². The van der Waals surface area contributed by atoms with Crippen molar-refractivity contribution in [3.05, 3.63) is 53.2 Å². The Morgan fingerprint density at radius 2 is 1.69 bits per heavy atom. The van der Waals surface area contributed by atoms with Gasteiger partial charge in [0.15, 0.2) is 17.3 Å². The first-order valence-electron chi connectivity index (χ1n) is 12.5. The summed E-state index contributed by atoms with van der Waals surface area (Å²) in [5.41, 5.74) is 3.36.